The van der Waals surface area contributed by atoms with Gasteiger partial charge in [0.05, 0.1) is 0 Å². The van der Waals surface area contributed by atoms with Crippen molar-refractivity contribution in [3.05, 3.63) is 59.2 Å². The number of nitrogens with one attached hydrogen (secondary N) is 1. The fourth-order valence-electron chi connectivity index (χ4n) is 2.14. The van der Waals surface area contributed by atoms with Crippen LogP contribution in [0.3, 0.4) is 0 Å². The van der Waals surface area contributed by atoms with E-state index >= 15 is 0 Å². The Morgan fingerprint density at radius 2 is 1.65 bits per heavy atom. The third-order valence-electron chi connectivity index (χ3n) is 3.14. The van der Waals surface area contributed by atoms with Crippen molar-refractivity contribution in [2.24, 2.45) is 0 Å². The van der Waals surface area contributed by atoms with E-state index in [9.17, 15) is 8.78 Å². The molecule has 0 aliphatic rings. The summed E-state index contributed by atoms with van der Waals surface area (Å²) in [5.41, 5.74) is 3.55. The van der Waals surface area contributed by atoms with Gasteiger partial charge >= 0.3 is 0 Å². The molecule has 0 atom stereocenters. The van der Waals surface area contributed by atoms with E-state index in [1.807, 2.05) is 25.1 Å². The summed E-state index contributed by atoms with van der Waals surface area (Å²) in [6.07, 6.45) is 0. The van der Waals surface area contributed by atoms with Gasteiger partial charge in [0.2, 0.25) is 0 Å². The van der Waals surface area contributed by atoms with E-state index in [-0.39, 0.29) is 0 Å². The normalized spacial score (nSPS) is 11.1. The number of hydrogen-bond acceptors (Lipinski definition) is 1. The molecule has 1 N–H and O–H groups in total. The zero-order chi connectivity index (χ0) is 14.7. The van der Waals surface area contributed by atoms with Crippen LogP contribution in [0.5, 0.6) is 0 Å². The summed E-state index contributed by atoms with van der Waals surface area (Å²) in [7, 11) is 0. The number of aryl methyl sites for hydroxylation is 1. The Kier molecular flexibility index (Phi) is 4.50. The number of hydrogen-bond donors (Lipinski definition) is 1. The van der Waals surface area contributed by atoms with Crippen LogP contribution in [0.1, 0.15) is 25.0 Å². The molecule has 3 heteroatoms. The van der Waals surface area contributed by atoms with Gasteiger partial charge in [0.15, 0.2) is 0 Å². The maximum absolute atomic E-state index is 13.4. The Labute approximate surface area is 118 Å². The van der Waals surface area contributed by atoms with E-state index in [0.717, 1.165) is 22.8 Å². The van der Waals surface area contributed by atoms with Gasteiger partial charge < -0.3 is 5.32 Å². The van der Waals surface area contributed by atoms with Crippen molar-refractivity contribution in [3.63, 3.8) is 0 Å². The predicted octanol–water partition coefficient (Wildman–Crippen LogP) is 4.44. The molecular weight excluding hydrogens is 256 g/mol. The van der Waals surface area contributed by atoms with E-state index in [0.29, 0.717) is 18.2 Å². The lowest BCUT2D eigenvalue weighted by Gasteiger charge is -2.14. The molecule has 2 rings (SSSR count). The van der Waals surface area contributed by atoms with Crippen molar-refractivity contribution in [2.75, 3.05) is 0 Å². The summed E-state index contributed by atoms with van der Waals surface area (Å²) in [4.78, 5) is 0. The highest BCUT2D eigenvalue weighted by molar-refractivity contribution is 5.68. The summed E-state index contributed by atoms with van der Waals surface area (Å²) < 4.78 is 26.8. The van der Waals surface area contributed by atoms with Crippen LogP contribution < -0.4 is 5.32 Å². The van der Waals surface area contributed by atoms with Crippen LogP contribution in [0.15, 0.2) is 36.4 Å². The highest BCUT2D eigenvalue weighted by Gasteiger charge is 2.09. The van der Waals surface area contributed by atoms with Gasteiger partial charge in [0.25, 0.3) is 0 Å². The molecule has 2 aromatic rings. The standard InChI is InChI=1S/C17H19F2N/c1-11(2)20-10-13-5-4-12(3)6-17(13)14-7-15(18)9-16(19)8-14/h4-9,11,20H,10H2,1-3H3. The van der Waals surface area contributed by atoms with Crippen LogP contribution in [-0.4, -0.2) is 6.04 Å². The van der Waals surface area contributed by atoms with Gasteiger partial charge in [-0.15, -0.1) is 0 Å². The van der Waals surface area contributed by atoms with Gasteiger partial charge in [-0.05, 0) is 35.7 Å². The van der Waals surface area contributed by atoms with E-state index in [2.05, 4.69) is 19.2 Å². The maximum atomic E-state index is 13.4. The molecule has 0 saturated heterocycles. The van der Waals surface area contributed by atoms with Gasteiger partial charge in [-0.1, -0.05) is 37.6 Å². The molecular formula is C17H19F2N. The monoisotopic (exact) mass is 275 g/mol. The Morgan fingerprint density at radius 3 is 2.25 bits per heavy atom. The maximum Gasteiger partial charge on any atom is 0.126 e. The second kappa shape index (κ2) is 6.14. The quantitative estimate of drug-likeness (QED) is 0.870. The Hall–Kier alpha value is -1.74. The van der Waals surface area contributed by atoms with E-state index in [1.165, 1.54) is 12.1 Å². The van der Waals surface area contributed by atoms with Crippen LogP contribution in [0.4, 0.5) is 8.78 Å². The summed E-state index contributed by atoms with van der Waals surface area (Å²) in [6.45, 7) is 6.77. The van der Waals surface area contributed by atoms with Crippen molar-refractivity contribution in [1.82, 2.24) is 5.32 Å². The third-order valence-corrected chi connectivity index (χ3v) is 3.14. The number of halogens is 2. The minimum absolute atomic E-state index is 0.355. The molecule has 106 valence electrons. The van der Waals surface area contributed by atoms with Crippen molar-refractivity contribution in [3.8, 4) is 11.1 Å². The fraction of sp³-hybridized carbons (Fsp3) is 0.294. The summed E-state index contributed by atoms with van der Waals surface area (Å²) in [6, 6.07) is 9.97. The van der Waals surface area contributed by atoms with Crippen molar-refractivity contribution >= 4 is 0 Å². The molecule has 0 radical (unpaired) electrons. The van der Waals surface area contributed by atoms with Crippen molar-refractivity contribution < 1.29 is 8.78 Å². The molecule has 0 aromatic heterocycles. The zero-order valence-corrected chi connectivity index (χ0v) is 12.0. The molecule has 1 nitrogen and oxygen atoms in total. The highest BCUT2D eigenvalue weighted by atomic mass is 19.1. The SMILES string of the molecule is Cc1ccc(CNC(C)C)c(-c2cc(F)cc(F)c2)c1. The van der Waals surface area contributed by atoms with E-state index < -0.39 is 11.6 Å². The first-order valence-corrected chi connectivity index (χ1v) is 6.75. The zero-order valence-electron chi connectivity index (χ0n) is 12.0. The average molecular weight is 275 g/mol. The fourth-order valence-corrected chi connectivity index (χ4v) is 2.14. The molecule has 0 fully saturated rings. The van der Waals surface area contributed by atoms with Crippen LogP contribution in [-0.2, 0) is 6.54 Å². The molecule has 2 aromatic carbocycles. The lowest BCUT2D eigenvalue weighted by molar-refractivity contribution is 0.583. The molecule has 0 aliphatic carbocycles. The van der Waals surface area contributed by atoms with Crippen LogP contribution in [0.25, 0.3) is 11.1 Å². The largest absolute Gasteiger partial charge is 0.310 e. The van der Waals surface area contributed by atoms with Gasteiger partial charge in [0, 0.05) is 18.7 Å². The van der Waals surface area contributed by atoms with Crippen LogP contribution in [0.2, 0.25) is 0 Å². The first kappa shape index (κ1) is 14.7. The number of benzene rings is 2. The predicted molar refractivity (Wildman–Crippen MR) is 78.5 cm³/mol. The number of rotatable bonds is 4. The van der Waals surface area contributed by atoms with Crippen LogP contribution >= 0.6 is 0 Å². The lowest BCUT2D eigenvalue weighted by atomic mass is 9.97. The second-order valence-corrected chi connectivity index (χ2v) is 5.35. The topological polar surface area (TPSA) is 12.0 Å². The molecule has 0 spiro atoms. The average Bonchev–Trinajstić information content (AvgIpc) is 2.36. The first-order chi connectivity index (χ1) is 9.45. The third kappa shape index (κ3) is 3.64. The molecule has 0 heterocycles. The van der Waals surface area contributed by atoms with Crippen molar-refractivity contribution in [1.29, 1.82) is 0 Å². The minimum Gasteiger partial charge on any atom is -0.310 e. The smallest absolute Gasteiger partial charge is 0.126 e. The van der Waals surface area contributed by atoms with Crippen molar-refractivity contribution in [2.45, 2.75) is 33.4 Å². The molecule has 0 saturated carbocycles. The lowest BCUT2D eigenvalue weighted by Crippen LogP contribution is -2.22. The second-order valence-electron chi connectivity index (χ2n) is 5.35. The summed E-state index contributed by atoms with van der Waals surface area (Å²) >= 11 is 0. The Bertz CT molecular complexity index is 586. The molecule has 0 unspecified atom stereocenters. The summed E-state index contributed by atoms with van der Waals surface area (Å²) in [5, 5.41) is 3.33. The Balaban J connectivity index is 2.45. The Morgan fingerprint density at radius 1 is 1.00 bits per heavy atom. The molecule has 0 aliphatic heterocycles. The minimum atomic E-state index is -0.552. The highest BCUT2D eigenvalue weighted by Crippen LogP contribution is 2.26. The van der Waals surface area contributed by atoms with Gasteiger partial charge in [0.1, 0.15) is 11.6 Å². The molecule has 20 heavy (non-hydrogen) atoms. The van der Waals surface area contributed by atoms with Crippen LogP contribution in [0, 0.1) is 18.6 Å². The first-order valence-electron chi connectivity index (χ1n) is 6.75. The summed E-state index contributed by atoms with van der Waals surface area (Å²) in [5.74, 6) is -1.10. The van der Waals surface area contributed by atoms with Gasteiger partial charge in [-0.2, -0.15) is 0 Å². The molecule has 0 bridgehead atoms. The van der Waals surface area contributed by atoms with Gasteiger partial charge in [-0.25, -0.2) is 8.78 Å². The van der Waals surface area contributed by atoms with Gasteiger partial charge in [-0.3, -0.25) is 0 Å². The van der Waals surface area contributed by atoms with E-state index in [4.69, 9.17) is 0 Å². The molecule has 0 amide bonds. The van der Waals surface area contributed by atoms with E-state index in [1.54, 1.807) is 0 Å².